The van der Waals surface area contributed by atoms with Crippen molar-refractivity contribution in [2.45, 2.75) is 12.2 Å². The summed E-state index contributed by atoms with van der Waals surface area (Å²) in [5.41, 5.74) is 0. The fourth-order valence-corrected chi connectivity index (χ4v) is 3.06. The third-order valence-electron chi connectivity index (χ3n) is 2.90. The topological polar surface area (TPSA) is 35.6 Å². The second-order valence-corrected chi connectivity index (χ2v) is 5.69. The van der Waals surface area contributed by atoms with Crippen molar-refractivity contribution in [1.29, 1.82) is 0 Å². The van der Waals surface area contributed by atoms with Crippen molar-refractivity contribution in [3.8, 4) is 0 Å². The van der Waals surface area contributed by atoms with E-state index >= 15 is 0 Å². The molecule has 4 nitrogen and oxygen atoms in total. The Morgan fingerprint density at radius 1 is 1.27 bits per heavy atom. The van der Waals surface area contributed by atoms with Gasteiger partial charge in [0, 0.05) is 50.3 Å². The molecule has 0 aromatic heterocycles. The van der Waals surface area contributed by atoms with E-state index in [0.29, 0.717) is 5.25 Å². The van der Waals surface area contributed by atoms with Gasteiger partial charge in [0.25, 0.3) is 0 Å². The summed E-state index contributed by atoms with van der Waals surface area (Å²) >= 11 is 1.96. The Hall–Kier alpha value is -0.420. The lowest BCUT2D eigenvalue weighted by atomic mass is 10.3. The third kappa shape index (κ3) is 2.78. The van der Waals surface area contributed by atoms with Crippen LogP contribution in [0.25, 0.3) is 0 Å². The number of amides is 2. The molecular formula is C10H19N3OS. The Bertz CT molecular complexity index is 231. The zero-order chi connectivity index (χ0) is 10.7. The molecule has 2 aliphatic heterocycles. The van der Waals surface area contributed by atoms with E-state index in [1.54, 1.807) is 0 Å². The first-order valence-corrected chi connectivity index (χ1v) is 6.68. The number of piperazine rings is 1. The molecule has 0 aromatic carbocycles. The quantitative estimate of drug-likeness (QED) is 0.655. The van der Waals surface area contributed by atoms with Gasteiger partial charge < -0.3 is 15.1 Å². The number of nitrogens with one attached hydrogen (secondary N) is 1. The summed E-state index contributed by atoms with van der Waals surface area (Å²) in [6.07, 6.45) is 0. The van der Waals surface area contributed by atoms with Crippen LogP contribution in [0.5, 0.6) is 0 Å². The number of hydrogen-bond acceptors (Lipinski definition) is 3. The number of thioether (sulfide) groups is 1. The normalized spacial score (nSPS) is 27.9. The number of urea groups is 1. The van der Waals surface area contributed by atoms with Crippen LogP contribution in [-0.4, -0.2) is 66.1 Å². The third-order valence-corrected chi connectivity index (χ3v) is 4.04. The summed E-state index contributed by atoms with van der Waals surface area (Å²) in [6.45, 7) is 7.61. The van der Waals surface area contributed by atoms with E-state index in [1.807, 2.05) is 21.6 Å². The van der Waals surface area contributed by atoms with Crippen LogP contribution in [0, 0.1) is 0 Å². The Kier molecular flexibility index (Phi) is 3.75. The largest absolute Gasteiger partial charge is 0.323 e. The smallest absolute Gasteiger partial charge is 0.320 e. The van der Waals surface area contributed by atoms with Gasteiger partial charge in [-0.05, 0) is 0 Å². The predicted octanol–water partition coefficient (Wildman–Crippen LogP) is 0.449. The molecule has 1 unspecified atom stereocenters. The minimum Gasteiger partial charge on any atom is -0.323 e. The van der Waals surface area contributed by atoms with Gasteiger partial charge in [-0.1, -0.05) is 6.92 Å². The molecule has 0 aromatic rings. The molecule has 0 radical (unpaired) electrons. The highest BCUT2D eigenvalue weighted by molar-refractivity contribution is 7.99. The zero-order valence-electron chi connectivity index (χ0n) is 9.24. The molecule has 0 spiro atoms. The van der Waals surface area contributed by atoms with Gasteiger partial charge in [0.15, 0.2) is 0 Å². The lowest BCUT2D eigenvalue weighted by Gasteiger charge is -2.36. The van der Waals surface area contributed by atoms with Crippen LogP contribution in [-0.2, 0) is 0 Å². The lowest BCUT2D eigenvalue weighted by molar-refractivity contribution is 0.148. The first kappa shape index (κ1) is 11.1. The summed E-state index contributed by atoms with van der Waals surface area (Å²) in [4.78, 5) is 16.1. The Morgan fingerprint density at radius 2 is 2.00 bits per heavy atom. The van der Waals surface area contributed by atoms with Crippen molar-refractivity contribution in [2.24, 2.45) is 0 Å². The molecule has 1 atom stereocenters. The SMILES string of the molecule is CC1CN(C(=O)N2CCNCC2)CCS1. The van der Waals surface area contributed by atoms with E-state index in [4.69, 9.17) is 0 Å². The maximum absolute atomic E-state index is 12.1. The van der Waals surface area contributed by atoms with E-state index < -0.39 is 0 Å². The molecule has 5 heteroatoms. The number of carbonyl (C=O) groups is 1. The minimum atomic E-state index is 0.239. The van der Waals surface area contributed by atoms with E-state index in [0.717, 1.165) is 45.0 Å². The molecule has 1 N–H and O–H groups in total. The first-order chi connectivity index (χ1) is 7.27. The van der Waals surface area contributed by atoms with E-state index in [-0.39, 0.29) is 6.03 Å². The fraction of sp³-hybridized carbons (Fsp3) is 0.900. The van der Waals surface area contributed by atoms with Gasteiger partial charge in [-0.25, -0.2) is 4.79 Å². The van der Waals surface area contributed by atoms with Crippen LogP contribution in [0.15, 0.2) is 0 Å². The summed E-state index contributed by atoms with van der Waals surface area (Å²) in [5, 5.41) is 3.85. The Labute approximate surface area is 95.4 Å². The van der Waals surface area contributed by atoms with Crippen molar-refractivity contribution in [3.05, 3.63) is 0 Å². The van der Waals surface area contributed by atoms with Gasteiger partial charge in [-0.15, -0.1) is 0 Å². The molecule has 2 heterocycles. The van der Waals surface area contributed by atoms with E-state index in [9.17, 15) is 4.79 Å². The predicted molar refractivity (Wildman–Crippen MR) is 63.3 cm³/mol. The molecule has 2 rings (SSSR count). The highest BCUT2D eigenvalue weighted by Crippen LogP contribution is 2.18. The van der Waals surface area contributed by atoms with Gasteiger partial charge >= 0.3 is 6.03 Å². The highest BCUT2D eigenvalue weighted by atomic mass is 32.2. The number of hydrogen-bond donors (Lipinski definition) is 1. The number of nitrogens with zero attached hydrogens (tertiary/aromatic N) is 2. The maximum Gasteiger partial charge on any atom is 0.320 e. The van der Waals surface area contributed by atoms with Crippen molar-refractivity contribution < 1.29 is 4.79 Å². The first-order valence-electron chi connectivity index (χ1n) is 5.63. The van der Waals surface area contributed by atoms with Crippen LogP contribution in [0.3, 0.4) is 0 Å². The van der Waals surface area contributed by atoms with Gasteiger partial charge in [0.1, 0.15) is 0 Å². The molecule has 0 bridgehead atoms. The zero-order valence-corrected chi connectivity index (χ0v) is 10.1. The van der Waals surface area contributed by atoms with Crippen LogP contribution in [0.4, 0.5) is 4.79 Å². The van der Waals surface area contributed by atoms with Crippen molar-refractivity contribution >= 4 is 17.8 Å². The molecule has 2 saturated heterocycles. The summed E-state index contributed by atoms with van der Waals surface area (Å²) in [5.74, 6) is 1.08. The molecule has 0 aliphatic carbocycles. The summed E-state index contributed by atoms with van der Waals surface area (Å²) in [7, 11) is 0. The van der Waals surface area contributed by atoms with Crippen LogP contribution in [0.2, 0.25) is 0 Å². The van der Waals surface area contributed by atoms with E-state index in [2.05, 4.69) is 12.2 Å². The number of rotatable bonds is 0. The standard InChI is InChI=1S/C10H19N3OS/c1-9-8-13(6-7-15-9)10(14)12-4-2-11-3-5-12/h9,11H,2-8H2,1H3. The molecule has 0 saturated carbocycles. The highest BCUT2D eigenvalue weighted by Gasteiger charge is 2.26. The molecule has 86 valence electrons. The average Bonchev–Trinajstić information content (AvgIpc) is 2.29. The maximum atomic E-state index is 12.1. The molecule has 2 aliphatic rings. The van der Waals surface area contributed by atoms with Crippen LogP contribution < -0.4 is 5.32 Å². The molecule has 2 fully saturated rings. The van der Waals surface area contributed by atoms with Crippen molar-refractivity contribution in [2.75, 3.05) is 45.0 Å². The summed E-state index contributed by atoms with van der Waals surface area (Å²) in [6, 6.07) is 0.239. The fourth-order valence-electron chi connectivity index (χ4n) is 2.05. The Balaban J connectivity index is 1.88. The van der Waals surface area contributed by atoms with E-state index in [1.165, 1.54) is 0 Å². The lowest BCUT2D eigenvalue weighted by Crippen LogP contribution is -2.53. The second kappa shape index (κ2) is 5.07. The van der Waals surface area contributed by atoms with Crippen molar-refractivity contribution in [3.63, 3.8) is 0 Å². The van der Waals surface area contributed by atoms with Gasteiger partial charge in [0.2, 0.25) is 0 Å². The minimum absolute atomic E-state index is 0.239. The van der Waals surface area contributed by atoms with Gasteiger partial charge in [-0.2, -0.15) is 11.8 Å². The van der Waals surface area contributed by atoms with Crippen LogP contribution in [0.1, 0.15) is 6.92 Å². The summed E-state index contributed by atoms with van der Waals surface area (Å²) < 4.78 is 0. The van der Waals surface area contributed by atoms with Crippen LogP contribution >= 0.6 is 11.8 Å². The van der Waals surface area contributed by atoms with Gasteiger partial charge in [0.05, 0.1) is 0 Å². The van der Waals surface area contributed by atoms with Gasteiger partial charge in [-0.3, -0.25) is 0 Å². The number of carbonyl (C=O) groups excluding carboxylic acids is 1. The molecular weight excluding hydrogens is 210 g/mol. The Morgan fingerprint density at radius 3 is 2.67 bits per heavy atom. The molecule has 15 heavy (non-hydrogen) atoms. The average molecular weight is 229 g/mol. The monoisotopic (exact) mass is 229 g/mol. The van der Waals surface area contributed by atoms with Crippen molar-refractivity contribution in [1.82, 2.24) is 15.1 Å². The molecule has 2 amide bonds. The second-order valence-electron chi connectivity index (χ2n) is 4.15.